The summed E-state index contributed by atoms with van der Waals surface area (Å²) in [4.78, 5) is 4.30. The van der Waals surface area contributed by atoms with E-state index in [4.69, 9.17) is 22.2 Å². The summed E-state index contributed by atoms with van der Waals surface area (Å²) in [6.45, 7) is 0. The van der Waals surface area contributed by atoms with Gasteiger partial charge in [0.25, 0.3) is 0 Å². The minimum atomic E-state index is -0.101. The van der Waals surface area contributed by atoms with Crippen molar-refractivity contribution in [2.75, 3.05) is 7.11 Å². The Bertz CT molecular complexity index is 577. The van der Waals surface area contributed by atoms with Crippen molar-refractivity contribution in [1.29, 1.82) is 0 Å². The van der Waals surface area contributed by atoms with Gasteiger partial charge in [-0.1, -0.05) is 27.5 Å². The van der Waals surface area contributed by atoms with Gasteiger partial charge in [0.15, 0.2) is 0 Å². The molecule has 0 aliphatic rings. The molecular formula is C14H15BrClN3O. The monoisotopic (exact) mass is 355 g/mol. The van der Waals surface area contributed by atoms with Crippen LogP contribution >= 0.6 is 27.5 Å². The van der Waals surface area contributed by atoms with Crippen LogP contribution in [0.25, 0.3) is 0 Å². The van der Waals surface area contributed by atoms with E-state index < -0.39 is 0 Å². The molecule has 1 heterocycles. The molecule has 6 heteroatoms. The predicted octanol–water partition coefficient (Wildman–Crippen LogP) is 3.25. The van der Waals surface area contributed by atoms with E-state index in [1.165, 1.54) is 0 Å². The zero-order valence-electron chi connectivity index (χ0n) is 10.9. The quantitative estimate of drug-likeness (QED) is 0.638. The molecule has 106 valence electrons. The van der Waals surface area contributed by atoms with Crippen LogP contribution in [0.15, 0.2) is 41.0 Å². The van der Waals surface area contributed by atoms with Crippen molar-refractivity contribution in [3.05, 3.63) is 57.3 Å². The maximum Gasteiger partial charge on any atom is 0.119 e. The standard InChI is InChI=1S/C14H15BrClN3O/c1-20-11-3-4-12(15)9(6-11)7-14(19-17)13-5-2-10(16)8-18-13/h2-6,8,14,19H,7,17H2,1H3. The van der Waals surface area contributed by atoms with Crippen LogP contribution in [0.1, 0.15) is 17.3 Å². The number of hydrogen-bond donors (Lipinski definition) is 2. The highest BCUT2D eigenvalue weighted by Gasteiger charge is 2.14. The normalized spacial score (nSPS) is 12.2. The van der Waals surface area contributed by atoms with Gasteiger partial charge in [-0.2, -0.15) is 0 Å². The molecule has 2 aromatic rings. The number of benzene rings is 1. The average molecular weight is 357 g/mol. The van der Waals surface area contributed by atoms with Crippen LogP contribution < -0.4 is 16.0 Å². The van der Waals surface area contributed by atoms with Crippen molar-refractivity contribution >= 4 is 27.5 Å². The maximum absolute atomic E-state index is 5.85. The van der Waals surface area contributed by atoms with Gasteiger partial charge >= 0.3 is 0 Å². The van der Waals surface area contributed by atoms with Gasteiger partial charge in [-0.25, -0.2) is 0 Å². The Kier molecular flexibility index (Phi) is 5.37. The zero-order valence-corrected chi connectivity index (χ0v) is 13.3. The SMILES string of the molecule is COc1ccc(Br)c(CC(NN)c2ccc(Cl)cn2)c1. The predicted molar refractivity (Wildman–Crippen MR) is 83.7 cm³/mol. The fraction of sp³-hybridized carbons (Fsp3) is 0.214. The van der Waals surface area contributed by atoms with E-state index in [1.807, 2.05) is 24.3 Å². The second kappa shape index (κ2) is 7.04. The highest BCUT2D eigenvalue weighted by molar-refractivity contribution is 9.10. The number of nitrogens with zero attached hydrogens (tertiary/aromatic N) is 1. The van der Waals surface area contributed by atoms with Crippen molar-refractivity contribution in [3.8, 4) is 5.75 Å². The lowest BCUT2D eigenvalue weighted by Gasteiger charge is -2.17. The summed E-state index contributed by atoms with van der Waals surface area (Å²) < 4.78 is 6.25. The molecule has 0 amide bonds. The Morgan fingerprint density at radius 3 is 2.80 bits per heavy atom. The molecule has 2 rings (SSSR count). The van der Waals surface area contributed by atoms with Gasteiger partial charge in [-0.05, 0) is 42.3 Å². The van der Waals surface area contributed by atoms with Crippen LogP contribution in [-0.2, 0) is 6.42 Å². The summed E-state index contributed by atoms with van der Waals surface area (Å²) in [7, 11) is 1.65. The van der Waals surface area contributed by atoms with E-state index >= 15 is 0 Å². The third-order valence-corrected chi connectivity index (χ3v) is 3.98. The fourth-order valence-corrected chi connectivity index (χ4v) is 2.42. The summed E-state index contributed by atoms with van der Waals surface area (Å²) >= 11 is 9.38. The first-order chi connectivity index (χ1) is 9.63. The molecule has 0 radical (unpaired) electrons. The number of nitrogens with two attached hydrogens (primary N) is 1. The second-order valence-electron chi connectivity index (χ2n) is 4.28. The average Bonchev–Trinajstić information content (AvgIpc) is 2.47. The highest BCUT2D eigenvalue weighted by Crippen LogP contribution is 2.27. The third-order valence-electron chi connectivity index (χ3n) is 2.99. The number of nitrogens with one attached hydrogen (secondary N) is 1. The van der Waals surface area contributed by atoms with Gasteiger partial charge in [0.05, 0.1) is 23.9 Å². The van der Waals surface area contributed by atoms with Crippen molar-refractivity contribution in [1.82, 2.24) is 10.4 Å². The molecule has 1 atom stereocenters. The number of halogens is 2. The second-order valence-corrected chi connectivity index (χ2v) is 5.57. The van der Waals surface area contributed by atoms with Gasteiger partial charge in [-0.3, -0.25) is 16.3 Å². The lowest BCUT2D eigenvalue weighted by molar-refractivity contribution is 0.413. The van der Waals surface area contributed by atoms with E-state index in [9.17, 15) is 0 Å². The first kappa shape index (κ1) is 15.3. The van der Waals surface area contributed by atoms with Gasteiger partial charge in [-0.15, -0.1) is 0 Å². The maximum atomic E-state index is 5.85. The van der Waals surface area contributed by atoms with Crippen molar-refractivity contribution in [2.45, 2.75) is 12.5 Å². The number of methoxy groups -OCH3 is 1. The number of ether oxygens (including phenoxy) is 1. The molecule has 0 fully saturated rings. The first-order valence-corrected chi connectivity index (χ1v) is 7.21. The molecule has 1 aromatic heterocycles. The Hall–Kier alpha value is -1.14. The molecular weight excluding hydrogens is 342 g/mol. The number of hydrogen-bond acceptors (Lipinski definition) is 4. The molecule has 1 aromatic carbocycles. The summed E-state index contributed by atoms with van der Waals surface area (Å²) in [5.41, 5.74) is 4.71. The van der Waals surface area contributed by atoms with Gasteiger partial charge in [0.1, 0.15) is 5.75 Å². The van der Waals surface area contributed by atoms with Crippen LogP contribution in [0.5, 0.6) is 5.75 Å². The summed E-state index contributed by atoms with van der Waals surface area (Å²) in [6, 6.07) is 9.39. The van der Waals surface area contributed by atoms with E-state index in [-0.39, 0.29) is 6.04 Å². The number of pyridine rings is 1. The molecule has 1 unspecified atom stereocenters. The molecule has 0 aliphatic carbocycles. The van der Waals surface area contributed by atoms with Crippen LogP contribution in [0.3, 0.4) is 0 Å². The Morgan fingerprint density at radius 2 is 2.20 bits per heavy atom. The van der Waals surface area contributed by atoms with E-state index in [0.29, 0.717) is 11.4 Å². The minimum absolute atomic E-state index is 0.101. The van der Waals surface area contributed by atoms with Gasteiger partial charge in [0.2, 0.25) is 0 Å². The molecule has 4 nitrogen and oxygen atoms in total. The van der Waals surface area contributed by atoms with Crippen LogP contribution in [0.4, 0.5) is 0 Å². The smallest absolute Gasteiger partial charge is 0.119 e. The van der Waals surface area contributed by atoms with Crippen molar-refractivity contribution in [3.63, 3.8) is 0 Å². The molecule has 0 saturated heterocycles. The minimum Gasteiger partial charge on any atom is -0.497 e. The van der Waals surface area contributed by atoms with Crippen LogP contribution in [0.2, 0.25) is 5.02 Å². The summed E-state index contributed by atoms with van der Waals surface area (Å²) in [5, 5.41) is 0.604. The topological polar surface area (TPSA) is 60.2 Å². The Balaban J connectivity index is 2.23. The molecule has 0 spiro atoms. The lowest BCUT2D eigenvalue weighted by atomic mass is 10.0. The van der Waals surface area contributed by atoms with Crippen LogP contribution in [-0.4, -0.2) is 12.1 Å². The summed E-state index contributed by atoms with van der Waals surface area (Å²) in [5.74, 6) is 6.45. The molecule has 0 aliphatic heterocycles. The Labute approximate surface area is 131 Å². The molecule has 3 N–H and O–H groups in total. The number of hydrazine groups is 1. The zero-order chi connectivity index (χ0) is 14.5. The first-order valence-electron chi connectivity index (χ1n) is 6.04. The number of rotatable bonds is 5. The Morgan fingerprint density at radius 1 is 1.40 bits per heavy atom. The van der Waals surface area contributed by atoms with E-state index in [2.05, 4.69) is 26.3 Å². The van der Waals surface area contributed by atoms with Gasteiger partial charge in [0, 0.05) is 10.7 Å². The third kappa shape index (κ3) is 3.70. The lowest BCUT2D eigenvalue weighted by Crippen LogP contribution is -2.30. The van der Waals surface area contributed by atoms with E-state index in [0.717, 1.165) is 21.5 Å². The van der Waals surface area contributed by atoms with Crippen molar-refractivity contribution < 1.29 is 4.74 Å². The molecule has 20 heavy (non-hydrogen) atoms. The largest absolute Gasteiger partial charge is 0.497 e. The van der Waals surface area contributed by atoms with Gasteiger partial charge < -0.3 is 4.74 Å². The summed E-state index contributed by atoms with van der Waals surface area (Å²) in [6.07, 6.45) is 2.30. The molecule has 0 saturated carbocycles. The molecule has 0 bridgehead atoms. The highest BCUT2D eigenvalue weighted by atomic mass is 79.9. The van der Waals surface area contributed by atoms with E-state index in [1.54, 1.807) is 19.4 Å². The van der Waals surface area contributed by atoms with Crippen LogP contribution in [0, 0.1) is 0 Å². The van der Waals surface area contributed by atoms with Crippen molar-refractivity contribution in [2.24, 2.45) is 5.84 Å². The fourth-order valence-electron chi connectivity index (χ4n) is 1.90. The number of aromatic nitrogens is 1.